The molecule has 1 aliphatic rings. The normalized spacial score (nSPS) is 18.3. The molecule has 1 aromatic rings. The summed E-state index contributed by atoms with van der Waals surface area (Å²) in [5.74, 6) is 0.000451. The maximum absolute atomic E-state index is 12.5. The van der Waals surface area contributed by atoms with Gasteiger partial charge in [-0.1, -0.05) is 25.4 Å². The largest absolute Gasteiger partial charge is 0.394 e. The summed E-state index contributed by atoms with van der Waals surface area (Å²) >= 11 is 5.94. The summed E-state index contributed by atoms with van der Waals surface area (Å²) in [5.41, 5.74) is 0.338. The van der Waals surface area contributed by atoms with Crippen LogP contribution < -0.4 is 5.32 Å². The van der Waals surface area contributed by atoms with Gasteiger partial charge in [0, 0.05) is 37.9 Å². The molecule has 118 valence electrons. The van der Waals surface area contributed by atoms with Crippen molar-refractivity contribution in [3.8, 4) is 0 Å². The molecular weight excluding hydrogens is 290 g/mol. The first-order valence-corrected chi connectivity index (χ1v) is 7.74. The minimum atomic E-state index is -0.267. The van der Waals surface area contributed by atoms with Crippen molar-refractivity contribution in [1.82, 2.24) is 14.8 Å². The topological polar surface area (TPSA) is 57.5 Å². The lowest BCUT2D eigenvalue weighted by Gasteiger charge is -2.42. The van der Waals surface area contributed by atoms with Crippen LogP contribution in [0.25, 0.3) is 0 Å². The number of rotatable bonds is 4. The van der Waals surface area contributed by atoms with Crippen LogP contribution in [0.5, 0.6) is 0 Å². The van der Waals surface area contributed by atoms with Crippen LogP contribution in [0.3, 0.4) is 0 Å². The van der Waals surface area contributed by atoms with Crippen LogP contribution >= 0.6 is 11.6 Å². The molecule has 1 saturated heterocycles. The van der Waals surface area contributed by atoms with Gasteiger partial charge in [-0.25, -0.2) is 0 Å². The molecule has 21 heavy (non-hydrogen) atoms. The molecule has 1 aliphatic heterocycles. The number of halogens is 1. The zero-order valence-electron chi connectivity index (χ0n) is 12.9. The van der Waals surface area contributed by atoms with Crippen LogP contribution in [0.4, 0.5) is 0 Å². The lowest BCUT2D eigenvalue weighted by atomic mass is 9.87. The summed E-state index contributed by atoms with van der Waals surface area (Å²) < 4.78 is 1.75. The van der Waals surface area contributed by atoms with E-state index in [4.69, 9.17) is 11.6 Å². The van der Waals surface area contributed by atoms with E-state index in [1.165, 1.54) is 0 Å². The molecule has 6 heteroatoms. The maximum Gasteiger partial charge on any atom is 0.270 e. The van der Waals surface area contributed by atoms with Crippen molar-refractivity contribution in [3.63, 3.8) is 0 Å². The number of aryl methyl sites for hydroxylation is 1. The molecule has 0 unspecified atom stereocenters. The Morgan fingerprint density at radius 2 is 2.10 bits per heavy atom. The standard InChI is InChI=1S/C15H24ClN3O2/c1-11(2)17-15(10-20)4-6-19(7-5-15)14(21)13-8-12(16)9-18(13)3/h8-9,11,17,20H,4-7,10H2,1-3H3. The molecule has 2 N–H and O–H groups in total. The van der Waals surface area contributed by atoms with Crippen LogP contribution in [0.1, 0.15) is 37.2 Å². The molecule has 0 aliphatic carbocycles. The fourth-order valence-corrected chi connectivity index (χ4v) is 3.25. The second-order valence-corrected chi connectivity index (χ2v) is 6.62. The molecule has 0 atom stereocenters. The summed E-state index contributed by atoms with van der Waals surface area (Å²) in [7, 11) is 1.82. The lowest BCUT2D eigenvalue weighted by Crippen LogP contribution is -2.58. The first kappa shape index (κ1) is 16.3. The van der Waals surface area contributed by atoms with Gasteiger partial charge in [-0.05, 0) is 18.9 Å². The highest BCUT2D eigenvalue weighted by atomic mass is 35.5. The number of carbonyl (C=O) groups is 1. The van der Waals surface area contributed by atoms with Gasteiger partial charge >= 0.3 is 0 Å². The van der Waals surface area contributed by atoms with E-state index >= 15 is 0 Å². The minimum absolute atomic E-state index is 0.000451. The molecule has 5 nitrogen and oxygen atoms in total. The predicted molar refractivity (Wildman–Crippen MR) is 83.6 cm³/mol. The molecule has 1 fully saturated rings. The van der Waals surface area contributed by atoms with Gasteiger partial charge in [-0.2, -0.15) is 0 Å². The molecule has 0 spiro atoms. The monoisotopic (exact) mass is 313 g/mol. The van der Waals surface area contributed by atoms with Crippen molar-refractivity contribution in [2.24, 2.45) is 7.05 Å². The number of aliphatic hydroxyl groups is 1. The molecule has 0 bridgehead atoms. The lowest BCUT2D eigenvalue weighted by molar-refractivity contribution is 0.0503. The minimum Gasteiger partial charge on any atom is -0.394 e. The average molecular weight is 314 g/mol. The summed E-state index contributed by atoms with van der Waals surface area (Å²) in [6, 6.07) is 2.01. The van der Waals surface area contributed by atoms with Gasteiger partial charge in [0.05, 0.1) is 11.6 Å². The van der Waals surface area contributed by atoms with Crippen LogP contribution in [0, 0.1) is 0 Å². The highest BCUT2D eigenvalue weighted by molar-refractivity contribution is 6.31. The Hall–Kier alpha value is -1.04. The van der Waals surface area contributed by atoms with Crippen molar-refractivity contribution in [1.29, 1.82) is 0 Å². The van der Waals surface area contributed by atoms with Gasteiger partial charge in [0.15, 0.2) is 0 Å². The van der Waals surface area contributed by atoms with E-state index in [2.05, 4.69) is 19.2 Å². The quantitative estimate of drug-likeness (QED) is 0.888. The Bertz CT molecular complexity index is 505. The summed E-state index contributed by atoms with van der Waals surface area (Å²) in [6.07, 6.45) is 3.24. The number of likely N-dealkylation sites (tertiary alicyclic amines) is 1. The molecule has 2 heterocycles. The fourth-order valence-electron chi connectivity index (χ4n) is 3.00. The van der Waals surface area contributed by atoms with E-state index in [0.717, 1.165) is 12.8 Å². The first-order chi connectivity index (χ1) is 9.87. The number of aliphatic hydroxyl groups excluding tert-OH is 1. The zero-order chi connectivity index (χ0) is 15.6. The number of piperidine rings is 1. The molecule has 1 amide bonds. The number of hydrogen-bond acceptors (Lipinski definition) is 3. The maximum atomic E-state index is 12.5. The molecule has 2 rings (SSSR count). The fraction of sp³-hybridized carbons (Fsp3) is 0.667. The molecule has 0 radical (unpaired) electrons. The number of nitrogens with zero attached hydrogens (tertiary/aromatic N) is 2. The highest BCUT2D eigenvalue weighted by Gasteiger charge is 2.36. The number of carbonyl (C=O) groups excluding carboxylic acids is 1. The summed E-state index contributed by atoms with van der Waals surface area (Å²) in [5, 5.41) is 13.7. The number of hydrogen-bond donors (Lipinski definition) is 2. The number of amides is 1. The molecule has 0 saturated carbocycles. The predicted octanol–water partition coefficient (Wildman–Crippen LogP) is 1.64. The molecule has 1 aromatic heterocycles. The number of nitrogens with one attached hydrogen (secondary N) is 1. The third kappa shape index (κ3) is 3.59. The van der Waals surface area contributed by atoms with Gasteiger partial charge in [0.25, 0.3) is 5.91 Å². The van der Waals surface area contributed by atoms with E-state index in [9.17, 15) is 9.90 Å². The van der Waals surface area contributed by atoms with Crippen molar-refractivity contribution >= 4 is 17.5 Å². The van der Waals surface area contributed by atoms with Crippen molar-refractivity contribution in [2.45, 2.75) is 38.3 Å². The summed E-state index contributed by atoms with van der Waals surface area (Å²) in [6.45, 7) is 5.52. The smallest absolute Gasteiger partial charge is 0.270 e. The van der Waals surface area contributed by atoms with Crippen molar-refractivity contribution in [3.05, 3.63) is 23.0 Å². The van der Waals surface area contributed by atoms with Gasteiger partial charge in [0.2, 0.25) is 0 Å². The van der Waals surface area contributed by atoms with Gasteiger partial charge in [-0.3, -0.25) is 4.79 Å². The first-order valence-electron chi connectivity index (χ1n) is 7.36. The van der Waals surface area contributed by atoms with Gasteiger partial charge in [0.1, 0.15) is 5.69 Å². The molecule has 0 aromatic carbocycles. The van der Waals surface area contributed by atoms with Crippen LogP contribution in [-0.4, -0.2) is 51.8 Å². The third-order valence-electron chi connectivity index (χ3n) is 4.10. The van der Waals surface area contributed by atoms with Crippen molar-refractivity contribution in [2.75, 3.05) is 19.7 Å². The zero-order valence-corrected chi connectivity index (χ0v) is 13.7. The molecular formula is C15H24ClN3O2. The van der Waals surface area contributed by atoms with Crippen LogP contribution in [-0.2, 0) is 7.05 Å². The van der Waals surface area contributed by atoms with E-state index in [1.807, 2.05) is 11.9 Å². The van der Waals surface area contributed by atoms with Gasteiger partial charge < -0.3 is 19.9 Å². The second kappa shape index (κ2) is 6.38. The van der Waals surface area contributed by atoms with E-state index in [-0.39, 0.29) is 18.1 Å². The Balaban J connectivity index is 2.03. The SMILES string of the molecule is CC(C)NC1(CO)CCN(C(=O)c2cc(Cl)cn2C)CC1. The van der Waals surface area contributed by atoms with Crippen LogP contribution in [0.15, 0.2) is 12.3 Å². The third-order valence-corrected chi connectivity index (χ3v) is 4.30. The average Bonchev–Trinajstić information content (AvgIpc) is 2.77. The number of aromatic nitrogens is 1. The van der Waals surface area contributed by atoms with E-state index < -0.39 is 0 Å². The van der Waals surface area contributed by atoms with Gasteiger partial charge in [-0.15, -0.1) is 0 Å². The Morgan fingerprint density at radius 1 is 1.48 bits per heavy atom. The van der Waals surface area contributed by atoms with Crippen molar-refractivity contribution < 1.29 is 9.90 Å². The Morgan fingerprint density at radius 3 is 2.52 bits per heavy atom. The highest BCUT2D eigenvalue weighted by Crippen LogP contribution is 2.24. The Labute approximate surface area is 130 Å². The second-order valence-electron chi connectivity index (χ2n) is 6.18. The van der Waals surface area contributed by atoms with E-state index in [1.54, 1.807) is 16.8 Å². The Kier molecular flexibility index (Phi) is 4.96. The summed E-state index contributed by atoms with van der Waals surface area (Å²) in [4.78, 5) is 14.4. The van der Waals surface area contributed by atoms with Crippen LogP contribution in [0.2, 0.25) is 5.02 Å². The van der Waals surface area contributed by atoms with E-state index in [0.29, 0.717) is 29.8 Å².